The van der Waals surface area contributed by atoms with Crippen LogP contribution >= 0.6 is 0 Å². The van der Waals surface area contributed by atoms with Gasteiger partial charge in [0.2, 0.25) is 17.8 Å². The first-order valence-electron chi connectivity index (χ1n) is 27.2. The number of piperazine rings is 1. The van der Waals surface area contributed by atoms with Crippen molar-refractivity contribution in [3.63, 3.8) is 0 Å². The summed E-state index contributed by atoms with van der Waals surface area (Å²) in [5, 5.41) is 19.5. The van der Waals surface area contributed by atoms with Crippen LogP contribution in [0.2, 0.25) is 0 Å². The molecule has 79 heavy (non-hydrogen) atoms. The van der Waals surface area contributed by atoms with Crippen LogP contribution in [0, 0.1) is 19.8 Å². The Morgan fingerprint density at radius 3 is 2.30 bits per heavy atom. The Morgan fingerprint density at radius 2 is 1.61 bits per heavy atom. The number of carbonyl (C=O) groups excluding carboxylic acids is 5. The molecule has 3 saturated heterocycles. The third kappa shape index (κ3) is 12.4. The van der Waals surface area contributed by atoms with E-state index in [0.29, 0.717) is 112 Å². The van der Waals surface area contributed by atoms with E-state index in [2.05, 4.69) is 62.4 Å². The lowest BCUT2D eigenvalue weighted by molar-refractivity contribution is -0.144. The summed E-state index contributed by atoms with van der Waals surface area (Å²) in [4.78, 5) is 93.7. The van der Waals surface area contributed by atoms with Crippen molar-refractivity contribution >= 4 is 68.0 Å². The number of benzene rings is 2. The molecular formula is C55H72N14O9S. The fraction of sp³-hybridized carbons (Fsp3) is 0.527. The molecule has 3 aliphatic heterocycles. The number of fused-ring (bicyclic) bond motifs is 2. The van der Waals surface area contributed by atoms with Crippen LogP contribution in [0.25, 0.3) is 10.9 Å². The number of hydrogen-bond donors (Lipinski definition) is 5. The molecule has 3 fully saturated rings. The van der Waals surface area contributed by atoms with Gasteiger partial charge in [-0.05, 0) is 110 Å². The largest absolute Gasteiger partial charge is 0.491 e. The molecule has 5 amide bonds. The molecule has 9 rings (SSSR count). The topological polar surface area (TPSA) is 279 Å². The first-order valence-corrected chi connectivity index (χ1v) is 28.7. The summed E-state index contributed by atoms with van der Waals surface area (Å²) in [5.74, 6) is -0.218. The van der Waals surface area contributed by atoms with Crippen LogP contribution < -0.4 is 30.9 Å². The van der Waals surface area contributed by atoms with Crippen molar-refractivity contribution in [2.75, 3.05) is 76.2 Å². The number of nitrogens with one attached hydrogen (secondary N) is 5. The van der Waals surface area contributed by atoms with Crippen molar-refractivity contribution in [3.05, 3.63) is 83.1 Å². The number of H-pyrrole nitrogens is 1. The second-order valence-corrected chi connectivity index (χ2v) is 24.5. The number of aryl methyl sites for hydroxylation is 2. The molecule has 23 nitrogen and oxygen atoms in total. The second kappa shape index (κ2) is 23.9. The van der Waals surface area contributed by atoms with Crippen LogP contribution in [0.5, 0.6) is 5.75 Å². The van der Waals surface area contributed by atoms with Gasteiger partial charge in [0.05, 0.1) is 21.9 Å². The number of sulfone groups is 1. The third-order valence-electron chi connectivity index (χ3n) is 15.7. The van der Waals surface area contributed by atoms with Gasteiger partial charge in [0, 0.05) is 94.5 Å². The zero-order chi connectivity index (χ0) is 56.2. The Labute approximate surface area is 460 Å². The van der Waals surface area contributed by atoms with Gasteiger partial charge in [-0.3, -0.25) is 29.2 Å². The Morgan fingerprint density at radius 1 is 0.873 bits per heavy atom. The van der Waals surface area contributed by atoms with Gasteiger partial charge >= 0.3 is 6.09 Å². The van der Waals surface area contributed by atoms with E-state index >= 15 is 0 Å². The molecule has 1 aliphatic carbocycles. The highest BCUT2D eigenvalue weighted by molar-refractivity contribution is 7.92. The Bertz CT molecular complexity index is 3170. The van der Waals surface area contributed by atoms with E-state index in [1.807, 2.05) is 36.9 Å². The number of piperidine rings is 1. The number of likely N-dealkylation sites (tertiary alicyclic amines) is 2. The van der Waals surface area contributed by atoms with Crippen molar-refractivity contribution in [3.8, 4) is 5.75 Å². The van der Waals surface area contributed by atoms with Gasteiger partial charge in [-0.25, -0.2) is 33.1 Å². The highest BCUT2D eigenvalue weighted by Gasteiger charge is 2.43. The molecule has 422 valence electrons. The van der Waals surface area contributed by atoms with Crippen molar-refractivity contribution in [1.29, 1.82) is 0 Å². The van der Waals surface area contributed by atoms with Crippen LogP contribution in [0.15, 0.2) is 60.0 Å². The van der Waals surface area contributed by atoms with Gasteiger partial charge in [-0.15, -0.1) is 0 Å². The molecule has 5 aromatic rings. The lowest BCUT2D eigenvalue weighted by atomic mass is 9.87. The highest BCUT2D eigenvalue weighted by atomic mass is 32.2. The molecular weight excluding hydrogens is 1030 g/mol. The van der Waals surface area contributed by atoms with Gasteiger partial charge in [0.25, 0.3) is 11.8 Å². The maximum Gasteiger partial charge on any atom is 0.407 e. The number of rotatable bonds is 16. The molecule has 6 heterocycles. The van der Waals surface area contributed by atoms with E-state index in [9.17, 15) is 32.4 Å². The number of ether oxygens (including phenoxy) is 2. The number of nitrogens with zero attached hydrogens (tertiary/aromatic N) is 9. The fourth-order valence-corrected chi connectivity index (χ4v) is 12.1. The first kappa shape index (κ1) is 56.3. The first-order chi connectivity index (χ1) is 37.8. The maximum atomic E-state index is 14.6. The average molecular weight is 1110 g/mol. The summed E-state index contributed by atoms with van der Waals surface area (Å²) in [6.45, 7) is 14.4. The predicted molar refractivity (Wildman–Crippen MR) is 295 cm³/mol. The summed E-state index contributed by atoms with van der Waals surface area (Å²) in [7, 11) is -2.49. The number of hydrogen-bond acceptors (Lipinski definition) is 17. The molecule has 4 atom stereocenters. The van der Waals surface area contributed by atoms with E-state index < -0.39 is 44.8 Å². The van der Waals surface area contributed by atoms with E-state index in [-0.39, 0.29) is 46.9 Å². The second-order valence-electron chi connectivity index (χ2n) is 21.8. The van der Waals surface area contributed by atoms with E-state index in [1.165, 1.54) is 38.3 Å². The number of aromatic amines is 1. The van der Waals surface area contributed by atoms with Crippen molar-refractivity contribution in [1.82, 2.24) is 60.8 Å². The Balaban J connectivity index is 0.792. The molecule has 0 radical (unpaired) electrons. The van der Waals surface area contributed by atoms with Crippen LogP contribution in [0.1, 0.15) is 105 Å². The minimum absolute atomic E-state index is 0.0489. The normalized spacial score (nSPS) is 19.1. The molecule has 2 aromatic carbocycles. The van der Waals surface area contributed by atoms with Gasteiger partial charge in [-0.1, -0.05) is 24.3 Å². The van der Waals surface area contributed by atoms with Gasteiger partial charge in [-0.2, -0.15) is 5.10 Å². The van der Waals surface area contributed by atoms with E-state index in [1.54, 1.807) is 42.7 Å². The van der Waals surface area contributed by atoms with Crippen LogP contribution in [-0.2, 0) is 35.4 Å². The van der Waals surface area contributed by atoms with Crippen molar-refractivity contribution in [2.45, 2.75) is 120 Å². The monoisotopic (exact) mass is 1100 g/mol. The van der Waals surface area contributed by atoms with Gasteiger partial charge in [0.1, 0.15) is 41.5 Å². The minimum atomic E-state index is -3.87. The lowest BCUT2D eigenvalue weighted by Gasteiger charge is -2.38. The number of aromatic nitrogens is 6. The zero-order valence-electron chi connectivity index (χ0n) is 46.0. The smallest absolute Gasteiger partial charge is 0.407 e. The zero-order valence-corrected chi connectivity index (χ0v) is 46.8. The summed E-state index contributed by atoms with van der Waals surface area (Å²) < 4.78 is 38.4. The Kier molecular flexibility index (Phi) is 17.0. The summed E-state index contributed by atoms with van der Waals surface area (Å²) in [6, 6.07) is 9.41. The number of amides is 5. The predicted octanol–water partition coefficient (Wildman–Crippen LogP) is 4.54. The minimum Gasteiger partial charge on any atom is -0.491 e. The Hall–Kier alpha value is -7.47. The molecule has 0 spiro atoms. The SMILES string of the molecule is CNC(=O)OC(C)C(=O)NC(C(=O)N1CCC[C@H]1C(=O)N[C@@H]1CCCc2ccccc21)C1CCN(C(=O)c2cnc(N3CCN(CCOc4cc5ncnc(Nc6n[nH]c(C)c6C)c5cc4S(=O)(=O)C(C)(C)C)CC3)nc2)CC1. The number of anilines is 3. The number of alkyl carbamates (subject to hydrolysis) is 1. The van der Waals surface area contributed by atoms with Crippen LogP contribution in [0.3, 0.4) is 0 Å². The quantitative estimate of drug-likeness (QED) is 0.0907. The summed E-state index contributed by atoms with van der Waals surface area (Å²) in [5.41, 5.74) is 4.93. The van der Waals surface area contributed by atoms with Crippen LogP contribution in [0.4, 0.5) is 22.4 Å². The van der Waals surface area contributed by atoms with Crippen molar-refractivity contribution < 1.29 is 41.9 Å². The highest BCUT2D eigenvalue weighted by Crippen LogP contribution is 2.38. The van der Waals surface area contributed by atoms with Crippen LogP contribution in [-0.4, -0.2) is 172 Å². The van der Waals surface area contributed by atoms with Gasteiger partial charge < -0.3 is 45.4 Å². The standard InChI is InChI=1S/C55H72N14O9S/c1-33-34(2)64-65-47(33)63-48-40-28-45(79(75,76)55(4,5)6)44(29-42(40)59-32-60-48)77-27-26-66-22-24-68(25-23-66)53-57-30-38(31-58-53)51(72)67-20-17-37(18-21-67)46(62-49(70)35(3)78-54(74)56-7)52(73)69-19-11-16-43(69)50(71)61-41-15-10-13-36-12-8-9-14-39(36)41/h8-9,12,14,28-32,35,37,41,43,46H,10-11,13,15-27H2,1-7H3,(H,56,74)(H,61,71)(H,62,70)(H2,59,60,63,64,65)/t35?,41-,43+,46?/m1/s1. The maximum absolute atomic E-state index is 14.6. The van der Waals surface area contributed by atoms with Crippen molar-refractivity contribution in [2.24, 2.45) is 5.92 Å². The third-order valence-corrected chi connectivity index (χ3v) is 18.2. The average Bonchev–Trinajstić information content (AvgIpc) is 4.23. The van der Waals surface area contributed by atoms with E-state index in [0.717, 1.165) is 36.1 Å². The molecule has 5 N–H and O–H groups in total. The molecule has 0 bridgehead atoms. The summed E-state index contributed by atoms with van der Waals surface area (Å²) >= 11 is 0. The number of carbonyl (C=O) groups is 5. The molecule has 3 aromatic heterocycles. The van der Waals surface area contributed by atoms with Gasteiger partial charge in [0.15, 0.2) is 21.8 Å². The molecule has 4 aliphatic rings. The molecule has 0 saturated carbocycles. The van der Waals surface area contributed by atoms with E-state index in [4.69, 9.17) is 9.47 Å². The fourth-order valence-electron chi connectivity index (χ4n) is 10.8. The summed E-state index contributed by atoms with van der Waals surface area (Å²) in [6.07, 6.45) is 7.02. The lowest BCUT2D eigenvalue weighted by Crippen LogP contribution is -2.58. The molecule has 2 unspecified atom stereocenters. The molecule has 24 heteroatoms.